The number of hydrogen-bond acceptors (Lipinski definition) is 9. The van der Waals surface area contributed by atoms with Crippen LogP contribution < -0.4 is 15.1 Å². The molecule has 1 amide bonds. The summed E-state index contributed by atoms with van der Waals surface area (Å²) >= 11 is 7.93. The number of nitrogens with one attached hydrogen (secondary N) is 1. The number of amides is 1. The Morgan fingerprint density at radius 1 is 1.03 bits per heavy atom. The van der Waals surface area contributed by atoms with Crippen LogP contribution >= 0.6 is 23.4 Å². The van der Waals surface area contributed by atoms with Crippen LogP contribution in [0, 0.1) is 0 Å². The van der Waals surface area contributed by atoms with E-state index >= 15 is 0 Å². The summed E-state index contributed by atoms with van der Waals surface area (Å²) < 4.78 is 6.02. The SMILES string of the molecule is O=CN1CCOC(N2CCCC(Nc3nc(N4CCN(c5ccc(Cl)cc5)CC4)nc4c3SCC4)C2)C1. The lowest BCUT2D eigenvalue weighted by atomic mass is 10.1. The van der Waals surface area contributed by atoms with Gasteiger partial charge < -0.3 is 24.8 Å². The zero-order chi connectivity index (χ0) is 25.2. The normalized spacial score (nSPS) is 24.7. The summed E-state index contributed by atoms with van der Waals surface area (Å²) in [6.07, 6.45) is 4.09. The van der Waals surface area contributed by atoms with E-state index in [0.29, 0.717) is 25.7 Å². The third kappa shape index (κ3) is 5.62. The summed E-state index contributed by atoms with van der Waals surface area (Å²) in [5.41, 5.74) is 2.38. The molecule has 1 aromatic carbocycles. The number of fused-ring (bicyclic) bond motifs is 1. The van der Waals surface area contributed by atoms with Crippen molar-refractivity contribution < 1.29 is 9.53 Å². The van der Waals surface area contributed by atoms with Crippen molar-refractivity contribution in [1.29, 1.82) is 0 Å². The molecule has 0 aliphatic carbocycles. The average Bonchev–Trinajstić information content (AvgIpc) is 3.43. The van der Waals surface area contributed by atoms with Gasteiger partial charge >= 0.3 is 0 Å². The van der Waals surface area contributed by atoms with E-state index in [1.165, 1.54) is 16.3 Å². The molecule has 0 radical (unpaired) electrons. The molecule has 37 heavy (non-hydrogen) atoms. The monoisotopic (exact) mass is 543 g/mol. The van der Waals surface area contributed by atoms with Gasteiger partial charge in [0.05, 0.1) is 23.7 Å². The second-order valence-corrected chi connectivity index (χ2v) is 11.6. The summed E-state index contributed by atoms with van der Waals surface area (Å²) in [7, 11) is 0. The van der Waals surface area contributed by atoms with Crippen molar-refractivity contribution in [2.24, 2.45) is 0 Å². The Labute approximate surface area is 227 Å². The van der Waals surface area contributed by atoms with E-state index < -0.39 is 0 Å². The van der Waals surface area contributed by atoms with Crippen LogP contribution in [-0.2, 0) is 16.0 Å². The highest BCUT2D eigenvalue weighted by atomic mass is 35.5. The second-order valence-electron chi connectivity index (χ2n) is 10.1. The predicted octanol–water partition coefficient (Wildman–Crippen LogP) is 2.80. The van der Waals surface area contributed by atoms with Crippen LogP contribution in [0.5, 0.6) is 0 Å². The van der Waals surface area contributed by atoms with E-state index in [1.54, 1.807) is 0 Å². The first kappa shape index (κ1) is 25.0. The molecule has 1 aromatic heterocycles. The first-order chi connectivity index (χ1) is 18.2. The summed E-state index contributed by atoms with van der Waals surface area (Å²) in [5, 5.41) is 4.56. The maximum Gasteiger partial charge on any atom is 0.227 e. The average molecular weight is 544 g/mol. The number of nitrogens with zero attached hydrogens (tertiary/aromatic N) is 6. The third-order valence-corrected chi connectivity index (χ3v) is 9.07. The third-order valence-electron chi connectivity index (χ3n) is 7.69. The molecule has 11 heteroatoms. The van der Waals surface area contributed by atoms with Gasteiger partial charge in [0.1, 0.15) is 12.0 Å². The van der Waals surface area contributed by atoms with Gasteiger partial charge in [-0.15, -0.1) is 11.8 Å². The molecule has 4 aliphatic heterocycles. The first-order valence-electron chi connectivity index (χ1n) is 13.3. The standard InChI is InChI=1S/C26H34ClN7O2S/c27-19-3-5-21(6-4-19)32-9-11-33(12-10-32)26-29-22-7-15-37-24(22)25(30-26)28-20-2-1-8-34(16-20)23-17-31(18-35)13-14-36-23/h3-6,18,20,23H,1-2,7-17H2,(H,28,29,30). The molecule has 2 atom stereocenters. The number of carbonyl (C=O) groups is 1. The van der Waals surface area contributed by atoms with Crippen LogP contribution in [-0.4, -0.2) is 103 Å². The number of carbonyl (C=O) groups excluding carboxylic acids is 1. The summed E-state index contributed by atoms with van der Waals surface area (Å²) in [4.78, 5) is 31.5. The zero-order valence-electron chi connectivity index (χ0n) is 21.0. The predicted molar refractivity (Wildman–Crippen MR) is 148 cm³/mol. The number of aromatic nitrogens is 2. The van der Waals surface area contributed by atoms with Crippen LogP contribution in [0.4, 0.5) is 17.5 Å². The van der Waals surface area contributed by atoms with Gasteiger partial charge in [0, 0.05) is 74.7 Å². The van der Waals surface area contributed by atoms with E-state index in [4.69, 9.17) is 26.3 Å². The molecule has 9 nitrogen and oxygen atoms in total. The maximum atomic E-state index is 11.3. The Morgan fingerprint density at radius 3 is 2.65 bits per heavy atom. The number of piperazine rings is 1. The van der Waals surface area contributed by atoms with Gasteiger partial charge in [-0.25, -0.2) is 4.98 Å². The molecule has 1 N–H and O–H groups in total. The molecule has 2 unspecified atom stereocenters. The fraction of sp³-hybridized carbons (Fsp3) is 0.577. The maximum absolute atomic E-state index is 11.3. The largest absolute Gasteiger partial charge is 0.368 e. The number of thioether (sulfide) groups is 1. The van der Waals surface area contributed by atoms with Crippen molar-refractivity contribution in [2.45, 2.75) is 36.4 Å². The smallest absolute Gasteiger partial charge is 0.227 e. The Kier molecular flexibility index (Phi) is 7.60. The molecule has 0 spiro atoms. The number of aryl methyl sites for hydroxylation is 1. The minimum absolute atomic E-state index is 0.0264. The number of ether oxygens (including phenoxy) is 1. The first-order valence-corrected chi connectivity index (χ1v) is 14.6. The lowest BCUT2D eigenvalue weighted by molar-refractivity contribution is -0.140. The highest BCUT2D eigenvalue weighted by Crippen LogP contribution is 2.37. The van der Waals surface area contributed by atoms with Gasteiger partial charge in [-0.05, 0) is 37.1 Å². The number of likely N-dealkylation sites (tertiary alicyclic amines) is 1. The number of piperidine rings is 1. The Morgan fingerprint density at radius 2 is 1.84 bits per heavy atom. The molecular formula is C26H34ClN7O2S. The summed E-state index contributed by atoms with van der Waals surface area (Å²) in [6.45, 7) is 7.42. The van der Waals surface area contributed by atoms with Crippen molar-refractivity contribution in [3.8, 4) is 0 Å². The number of hydrogen-bond donors (Lipinski definition) is 1. The van der Waals surface area contributed by atoms with Crippen LogP contribution in [0.2, 0.25) is 5.02 Å². The molecule has 0 saturated carbocycles. The molecule has 2 aromatic rings. The molecule has 4 aliphatic rings. The van der Waals surface area contributed by atoms with Crippen molar-refractivity contribution in [3.63, 3.8) is 0 Å². The molecule has 5 heterocycles. The molecule has 0 bridgehead atoms. The Hall–Kier alpha value is -2.27. The van der Waals surface area contributed by atoms with E-state index in [2.05, 4.69) is 32.1 Å². The van der Waals surface area contributed by atoms with Crippen molar-refractivity contribution in [1.82, 2.24) is 19.8 Å². The fourth-order valence-corrected chi connectivity index (χ4v) is 6.84. The molecular weight excluding hydrogens is 510 g/mol. The lowest BCUT2D eigenvalue weighted by Gasteiger charge is -2.42. The quantitative estimate of drug-likeness (QED) is 0.553. The van der Waals surface area contributed by atoms with Crippen LogP contribution in [0.25, 0.3) is 0 Å². The van der Waals surface area contributed by atoms with E-state index in [1.807, 2.05) is 28.8 Å². The topological polar surface area (TPSA) is 77.1 Å². The molecule has 3 fully saturated rings. The highest BCUT2D eigenvalue weighted by molar-refractivity contribution is 7.99. The number of rotatable bonds is 6. The van der Waals surface area contributed by atoms with Crippen LogP contribution in [0.15, 0.2) is 29.2 Å². The molecule has 6 rings (SSSR count). The van der Waals surface area contributed by atoms with Crippen molar-refractivity contribution in [2.75, 3.05) is 79.8 Å². The number of anilines is 3. The van der Waals surface area contributed by atoms with Gasteiger partial charge in [0.2, 0.25) is 12.4 Å². The van der Waals surface area contributed by atoms with Crippen molar-refractivity contribution in [3.05, 3.63) is 35.0 Å². The fourth-order valence-electron chi connectivity index (χ4n) is 5.66. The Balaban J connectivity index is 1.13. The van der Waals surface area contributed by atoms with Gasteiger partial charge in [-0.1, -0.05) is 11.6 Å². The number of halogens is 1. The lowest BCUT2D eigenvalue weighted by Crippen LogP contribution is -2.55. The Bertz CT molecular complexity index is 1100. The van der Waals surface area contributed by atoms with Gasteiger partial charge in [-0.3, -0.25) is 9.69 Å². The van der Waals surface area contributed by atoms with Gasteiger partial charge in [0.15, 0.2) is 0 Å². The number of morpholine rings is 1. The highest BCUT2D eigenvalue weighted by Gasteiger charge is 2.31. The zero-order valence-corrected chi connectivity index (χ0v) is 22.6. The van der Waals surface area contributed by atoms with Gasteiger partial charge in [-0.2, -0.15) is 4.98 Å². The second kappa shape index (κ2) is 11.2. The van der Waals surface area contributed by atoms with Crippen LogP contribution in [0.1, 0.15) is 18.5 Å². The van der Waals surface area contributed by atoms with Crippen LogP contribution in [0.3, 0.4) is 0 Å². The van der Waals surface area contributed by atoms with E-state index in [0.717, 1.165) is 87.5 Å². The molecule has 198 valence electrons. The molecule has 3 saturated heterocycles. The summed E-state index contributed by atoms with van der Waals surface area (Å²) in [5.74, 6) is 2.87. The minimum atomic E-state index is -0.0264. The number of benzene rings is 1. The van der Waals surface area contributed by atoms with Gasteiger partial charge in [0.25, 0.3) is 0 Å². The van der Waals surface area contributed by atoms with E-state index in [-0.39, 0.29) is 6.23 Å². The van der Waals surface area contributed by atoms with Crippen molar-refractivity contribution >= 4 is 47.2 Å². The minimum Gasteiger partial charge on any atom is -0.368 e. The summed E-state index contributed by atoms with van der Waals surface area (Å²) in [6, 6.07) is 8.37. The van der Waals surface area contributed by atoms with E-state index in [9.17, 15) is 4.79 Å².